The van der Waals surface area contributed by atoms with Crippen molar-refractivity contribution in [1.82, 2.24) is 0 Å². The molecule has 1 aromatic heterocycles. The Labute approximate surface area is 170 Å². The van der Waals surface area contributed by atoms with Gasteiger partial charge in [-0.3, -0.25) is 9.59 Å². The number of ether oxygens (including phenoxy) is 4. The van der Waals surface area contributed by atoms with Gasteiger partial charge in [-0.2, -0.15) is 0 Å². The van der Waals surface area contributed by atoms with Crippen molar-refractivity contribution in [3.63, 3.8) is 0 Å². The van der Waals surface area contributed by atoms with Crippen molar-refractivity contribution in [2.24, 2.45) is 0 Å². The number of fused-ring (bicyclic) bond motifs is 3. The number of hydrogen-bond donors (Lipinski definition) is 0. The second-order valence-electron chi connectivity index (χ2n) is 6.45. The molecule has 0 unspecified atom stereocenters. The van der Waals surface area contributed by atoms with E-state index in [9.17, 15) is 9.59 Å². The van der Waals surface area contributed by atoms with Gasteiger partial charge in [-0.1, -0.05) is 11.6 Å². The molecule has 0 bridgehead atoms. The third-order valence-corrected chi connectivity index (χ3v) is 5.21. The summed E-state index contributed by atoms with van der Waals surface area (Å²) >= 11 is 5.93. The van der Waals surface area contributed by atoms with E-state index in [1.54, 1.807) is 18.2 Å². The molecule has 150 valence electrons. The highest BCUT2D eigenvalue weighted by atomic mass is 35.5. The number of methoxy groups -OCH3 is 3. The molecule has 1 aliphatic heterocycles. The van der Waals surface area contributed by atoms with Crippen molar-refractivity contribution in [2.45, 2.75) is 12.3 Å². The van der Waals surface area contributed by atoms with Gasteiger partial charge in [0.1, 0.15) is 28.4 Å². The lowest BCUT2D eigenvalue weighted by Crippen LogP contribution is -2.22. The van der Waals surface area contributed by atoms with Crippen LogP contribution < -0.4 is 24.4 Å². The molecule has 2 aromatic carbocycles. The van der Waals surface area contributed by atoms with E-state index in [0.29, 0.717) is 45.1 Å². The summed E-state index contributed by atoms with van der Waals surface area (Å²) in [5.74, 6) is 0.892. The number of hydrogen-bond acceptors (Lipinski definition) is 7. The van der Waals surface area contributed by atoms with Crippen LogP contribution in [0.25, 0.3) is 11.0 Å². The summed E-state index contributed by atoms with van der Waals surface area (Å²) in [5, 5.41) is 0.282. The monoisotopic (exact) mass is 416 g/mol. The van der Waals surface area contributed by atoms with E-state index in [0.717, 1.165) is 0 Å². The van der Waals surface area contributed by atoms with Crippen LogP contribution in [0, 0.1) is 0 Å². The molecular formula is C21H17ClO7. The molecule has 0 saturated carbocycles. The number of benzene rings is 2. The van der Waals surface area contributed by atoms with Crippen LogP contribution in [0.3, 0.4) is 0 Å². The number of carbonyl (C=O) groups is 1. The summed E-state index contributed by atoms with van der Waals surface area (Å²) in [6.45, 7) is 0. The Morgan fingerprint density at radius 3 is 2.38 bits per heavy atom. The molecule has 3 aromatic rings. The summed E-state index contributed by atoms with van der Waals surface area (Å²) < 4.78 is 27.4. The number of esters is 1. The van der Waals surface area contributed by atoms with Crippen LogP contribution in [0.1, 0.15) is 23.5 Å². The van der Waals surface area contributed by atoms with Crippen molar-refractivity contribution >= 4 is 28.5 Å². The topological polar surface area (TPSA) is 84.2 Å². The SMILES string of the molecule is COc1cc(OC)c([C@@H]2CC(=O)Oc3ccc4c(=O)c(Cl)coc4c32)cc1OC. The van der Waals surface area contributed by atoms with Crippen LogP contribution >= 0.6 is 11.6 Å². The predicted molar refractivity (Wildman–Crippen MR) is 106 cm³/mol. The van der Waals surface area contributed by atoms with Gasteiger partial charge in [0, 0.05) is 23.1 Å². The van der Waals surface area contributed by atoms with Gasteiger partial charge in [-0.15, -0.1) is 0 Å². The molecule has 0 amide bonds. The van der Waals surface area contributed by atoms with Crippen LogP contribution in [0.15, 0.2) is 39.7 Å². The van der Waals surface area contributed by atoms with Crippen LogP contribution in [0.2, 0.25) is 5.02 Å². The van der Waals surface area contributed by atoms with Gasteiger partial charge in [0.15, 0.2) is 11.5 Å². The fourth-order valence-electron chi connectivity index (χ4n) is 3.62. The Balaban J connectivity index is 2.03. The first-order chi connectivity index (χ1) is 14.0. The van der Waals surface area contributed by atoms with Crippen molar-refractivity contribution in [3.8, 4) is 23.0 Å². The fourth-order valence-corrected chi connectivity index (χ4v) is 3.77. The Morgan fingerprint density at radius 1 is 1.00 bits per heavy atom. The molecular weight excluding hydrogens is 400 g/mol. The van der Waals surface area contributed by atoms with Crippen molar-refractivity contribution in [2.75, 3.05) is 21.3 Å². The third-order valence-electron chi connectivity index (χ3n) is 4.95. The molecule has 7 nitrogen and oxygen atoms in total. The maximum atomic E-state index is 12.5. The molecule has 0 saturated heterocycles. The molecule has 1 atom stereocenters. The lowest BCUT2D eigenvalue weighted by atomic mass is 9.84. The second-order valence-corrected chi connectivity index (χ2v) is 6.85. The third kappa shape index (κ3) is 3.07. The van der Waals surface area contributed by atoms with Gasteiger partial charge in [-0.05, 0) is 18.2 Å². The van der Waals surface area contributed by atoms with E-state index >= 15 is 0 Å². The maximum Gasteiger partial charge on any atom is 0.312 e. The minimum absolute atomic E-state index is 0.0227. The largest absolute Gasteiger partial charge is 0.496 e. The summed E-state index contributed by atoms with van der Waals surface area (Å²) in [6.07, 6.45) is 1.22. The molecule has 29 heavy (non-hydrogen) atoms. The van der Waals surface area contributed by atoms with Crippen molar-refractivity contribution in [3.05, 3.63) is 56.9 Å². The van der Waals surface area contributed by atoms with Gasteiger partial charge < -0.3 is 23.4 Å². The Morgan fingerprint density at radius 2 is 1.69 bits per heavy atom. The number of rotatable bonds is 4. The average Bonchev–Trinajstić information content (AvgIpc) is 2.74. The average molecular weight is 417 g/mol. The Hall–Kier alpha value is -3.19. The van der Waals surface area contributed by atoms with Gasteiger partial charge >= 0.3 is 5.97 Å². The molecule has 0 spiro atoms. The van der Waals surface area contributed by atoms with E-state index in [-0.39, 0.29) is 16.9 Å². The van der Waals surface area contributed by atoms with Crippen LogP contribution in [0.4, 0.5) is 0 Å². The first-order valence-electron chi connectivity index (χ1n) is 8.73. The highest BCUT2D eigenvalue weighted by Gasteiger charge is 2.34. The molecule has 0 N–H and O–H groups in total. The fraction of sp³-hybridized carbons (Fsp3) is 0.238. The van der Waals surface area contributed by atoms with E-state index < -0.39 is 11.9 Å². The lowest BCUT2D eigenvalue weighted by molar-refractivity contribution is -0.135. The Kier molecular flexibility index (Phi) is 4.84. The molecule has 0 radical (unpaired) electrons. The molecule has 0 aliphatic carbocycles. The lowest BCUT2D eigenvalue weighted by Gasteiger charge is -2.27. The molecule has 4 rings (SSSR count). The highest BCUT2D eigenvalue weighted by Crippen LogP contribution is 2.47. The maximum absolute atomic E-state index is 12.5. The van der Waals surface area contributed by atoms with Gasteiger partial charge in [0.05, 0.1) is 33.1 Å². The van der Waals surface area contributed by atoms with Gasteiger partial charge in [0.25, 0.3) is 0 Å². The minimum Gasteiger partial charge on any atom is -0.496 e. The zero-order chi connectivity index (χ0) is 20.7. The normalized spacial score (nSPS) is 15.6. The summed E-state index contributed by atoms with van der Waals surface area (Å²) in [7, 11) is 4.57. The van der Waals surface area contributed by atoms with Crippen LogP contribution in [-0.4, -0.2) is 27.3 Å². The van der Waals surface area contributed by atoms with E-state index in [1.807, 2.05) is 0 Å². The smallest absolute Gasteiger partial charge is 0.312 e. The first-order valence-corrected chi connectivity index (χ1v) is 9.10. The molecule has 2 heterocycles. The van der Waals surface area contributed by atoms with E-state index in [1.165, 1.54) is 33.7 Å². The van der Waals surface area contributed by atoms with Crippen LogP contribution in [-0.2, 0) is 4.79 Å². The van der Waals surface area contributed by atoms with E-state index in [4.69, 9.17) is 35.0 Å². The zero-order valence-corrected chi connectivity index (χ0v) is 16.7. The van der Waals surface area contributed by atoms with Gasteiger partial charge in [-0.25, -0.2) is 0 Å². The zero-order valence-electron chi connectivity index (χ0n) is 15.9. The summed E-state index contributed by atoms with van der Waals surface area (Å²) in [4.78, 5) is 24.8. The highest BCUT2D eigenvalue weighted by molar-refractivity contribution is 6.30. The van der Waals surface area contributed by atoms with Crippen molar-refractivity contribution in [1.29, 1.82) is 0 Å². The quantitative estimate of drug-likeness (QED) is 0.471. The van der Waals surface area contributed by atoms with Crippen molar-refractivity contribution < 1.29 is 28.2 Å². The molecule has 8 heteroatoms. The van der Waals surface area contributed by atoms with E-state index in [2.05, 4.69) is 0 Å². The summed E-state index contributed by atoms with van der Waals surface area (Å²) in [6, 6.07) is 6.54. The first kappa shape index (κ1) is 19.1. The number of halogens is 1. The minimum atomic E-state index is -0.492. The predicted octanol–water partition coefficient (Wildman–Crippen LogP) is 3.91. The van der Waals surface area contributed by atoms with Gasteiger partial charge in [0.2, 0.25) is 5.43 Å². The molecule has 0 fully saturated rings. The Bertz CT molecular complexity index is 1180. The van der Waals surface area contributed by atoms with Crippen LogP contribution in [0.5, 0.6) is 23.0 Å². The number of carbonyl (C=O) groups excluding carboxylic acids is 1. The second kappa shape index (κ2) is 7.33. The summed E-state index contributed by atoms with van der Waals surface area (Å²) in [5.41, 5.74) is 1.20. The molecule has 1 aliphatic rings. The standard InChI is InChI=1S/C21H17ClO7/c1-25-15-8-17(27-3)16(26-2)6-11(15)12-7-18(23)29-14-5-4-10-20(24)13(22)9-28-21(10)19(12)14/h4-6,8-9,12H,7H2,1-3H3/t12-/m0/s1.